The Balaban J connectivity index is 2.17. The molecule has 3 atom stereocenters. The summed E-state index contributed by atoms with van der Waals surface area (Å²) in [6.07, 6.45) is 3.84. The van der Waals surface area contributed by atoms with Crippen LogP contribution >= 0.6 is 11.3 Å². The van der Waals surface area contributed by atoms with Gasteiger partial charge in [-0.2, -0.15) is 0 Å². The third-order valence-electron chi connectivity index (χ3n) is 4.06. The summed E-state index contributed by atoms with van der Waals surface area (Å²) in [4.78, 5) is 4.15. The second kappa shape index (κ2) is 5.98. The first kappa shape index (κ1) is 13.1. The van der Waals surface area contributed by atoms with Crippen LogP contribution in [0.3, 0.4) is 0 Å². The van der Waals surface area contributed by atoms with Crippen LogP contribution < -0.4 is 5.73 Å². The molecule has 0 bridgehead atoms. The predicted octanol–water partition coefficient (Wildman–Crippen LogP) is 3.26. The van der Waals surface area contributed by atoms with E-state index >= 15 is 0 Å². The quantitative estimate of drug-likeness (QED) is 0.891. The summed E-state index contributed by atoms with van der Waals surface area (Å²) in [6, 6.07) is 5.57. The van der Waals surface area contributed by atoms with Crippen LogP contribution in [0.4, 0.5) is 0 Å². The van der Waals surface area contributed by atoms with Gasteiger partial charge >= 0.3 is 0 Å². The van der Waals surface area contributed by atoms with Gasteiger partial charge in [0.25, 0.3) is 0 Å². The van der Waals surface area contributed by atoms with E-state index in [9.17, 15) is 0 Å². The lowest BCUT2D eigenvalue weighted by Gasteiger charge is -2.43. The summed E-state index contributed by atoms with van der Waals surface area (Å²) in [6.45, 7) is 6.65. The standard InChI is InChI=1S/C14H24N2S/c1-3-12(14-7-5-9-17-14)16-8-4-6-11(2)13(16)10-15/h5,7,9,11-13H,3-4,6,8,10,15H2,1-2H3. The molecule has 2 N–H and O–H groups in total. The van der Waals surface area contributed by atoms with Crippen LogP contribution in [0.1, 0.15) is 44.0 Å². The Labute approximate surface area is 109 Å². The number of rotatable bonds is 4. The number of thiophene rings is 1. The zero-order valence-corrected chi connectivity index (χ0v) is 11.7. The molecule has 0 radical (unpaired) electrons. The van der Waals surface area contributed by atoms with Gasteiger partial charge in [0.1, 0.15) is 0 Å². The highest BCUT2D eigenvalue weighted by molar-refractivity contribution is 7.10. The maximum atomic E-state index is 5.99. The van der Waals surface area contributed by atoms with E-state index in [1.807, 2.05) is 11.3 Å². The van der Waals surface area contributed by atoms with Gasteiger partial charge in [-0.25, -0.2) is 0 Å². The molecule has 17 heavy (non-hydrogen) atoms. The number of hydrogen-bond acceptors (Lipinski definition) is 3. The second-order valence-corrected chi connectivity index (χ2v) is 6.08. The SMILES string of the molecule is CCC(c1cccs1)N1CCCC(C)C1CN. The van der Waals surface area contributed by atoms with Gasteiger partial charge < -0.3 is 5.73 Å². The lowest BCUT2D eigenvalue weighted by molar-refractivity contribution is 0.0610. The summed E-state index contributed by atoms with van der Waals surface area (Å²) in [7, 11) is 0. The Kier molecular flexibility index (Phi) is 4.60. The molecule has 1 aliphatic rings. The topological polar surface area (TPSA) is 29.3 Å². The van der Waals surface area contributed by atoms with Gasteiger partial charge in [-0.3, -0.25) is 4.90 Å². The van der Waals surface area contributed by atoms with Crippen LogP contribution in [-0.4, -0.2) is 24.0 Å². The van der Waals surface area contributed by atoms with Gasteiger partial charge in [0.05, 0.1) is 0 Å². The molecule has 1 aromatic heterocycles. The van der Waals surface area contributed by atoms with Gasteiger partial charge in [0.2, 0.25) is 0 Å². The van der Waals surface area contributed by atoms with E-state index in [1.54, 1.807) is 0 Å². The van der Waals surface area contributed by atoms with Gasteiger partial charge in [-0.05, 0) is 43.2 Å². The molecule has 0 aliphatic carbocycles. The van der Waals surface area contributed by atoms with Crippen molar-refractivity contribution < 1.29 is 0 Å². The fourth-order valence-corrected chi connectivity index (χ4v) is 4.05. The van der Waals surface area contributed by atoms with E-state index in [-0.39, 0.29) is 0 Å². The molecule has 1 aromatic rings. The molecule has 1 saturated heterocycles. The lowest BCUT2D eigenvalue weighted by atomic mass is 9.89. The van der Waals surface area contributed by atoms with Crippen LogP contribution in [0.25, 0.3) is 0 Å². The zero-order valence-electron chi connectivity index (χ0n) is 10.9. The first-order valence-corrected chi connectivity index (χ1v) is 7.65. The summed E-state index contributed by atoms with van der Waals surface area (Å²) >= 11 is 1.88. The highest BCUT2D eigenvalue weighted by atomic mass is 32.1. The van der Waals surface area contributed by atoms with Crippen molar-refractivity contribution in [3.8, 4) is 0 Å². The van der Waals surface area contributed by atoms with Gasteiger partial charge in [0.15, 0.2) is 0 Å². The molecular weight excluding hydrogens is 228 g/mol. The minimum absolute atomic E-state index is 0.566. The summed E-state index contributed by atoms with van der Waals surface area (Å²) in [5.41, 5.74) is 5.99. The smallest absolute Gasteiger partial charge is 0.0442 e. The van der Waals surface area contributed by atoms with E-state index in [0.29, 0.717) is 12.1 Å². The van der Waals surface area contributed by atoms with E-state index in [0.717, 1.165) is 12.5 Å². The van der Waals surface area contributed by atoms with Crippen molar-refractivity contribution in [3.63, 3.8) is 0 Å². The first-order chi connectivity index (χ1) is 8.27. The van der Waals surface area contributed by atoms with Crippen molar-refractivity contribution in [2.45, 2.75) is 45.2 Å². The van der Waals surface area contributed by atoms with Crippen LogP contribution in [0.5, 0.6) is 0 Å². The number of piperidine rings is 1. The number of likely N-dealkylation sites (tertiary alicyclic amines) is 1. The van der Waals surface area contributed by atoms with Crippen molar-refractivity contribution in [3.05, 3.63) is 22.4 Å². The van der Waals surface area contributed by atoms with E-state index < -0.39 is 0 Å². The molecule has 3 heteroatoms. The van der Waals surface area contributed by atoms with E-state index in [4.69, 9.17) is 5.73 Å². The molecular formula is C14H24N2S. The number of hydrogen-bond donors (Lipinski definition) is 1. The normalized spacial score (nSPS) is 28.2. The minimum Gasteiger partial charge on any atom is -0.329 e. The molecule has 2 heterocycles. The number of nitrogens with zero attached hydrogens (tertiary/aromatic N) is 1. The van der Waals surface area contributed by atoms with E-state index in [1.165, 1.54) is 30.7 Å². The average Bonchev–Trinajstić information content (AvgIpc) is 2.84. The summed E-state index contributed by atoms with van der Waals surface area (Å²) < 4.78 is 0. The van der Waals surface area contributed by atoms with E-state index in [2.05, 4.69) is 36.3 Å². The first-order valence-electron chi connectivity index (χ1n) is 6.77. The Hall–Kier alpha value is -0.380. The number of nitrogens with two attached hydrogens (primary N) is 1. The summed E-state index contributed by atoms with van der Waals surface area (Å²) in [5.74, 6) is 0.739. The van der Waals surface area contributed by atoms with Crippen LogP contribution in [0.15, 0.2) is 17.5 Å². The molecule has 0 saturated carbocycles. The van der Waals surface area contributed by atoms with Gasteiger partial charge in [-0.1, -0.05) is 19.9 Å². The van der Waals surface area contributed by atoms with Crippen LogP contribution in [0, 0.1) is 5.92 Å². The lowest BCUT2D eigenvalue weighted by Crippen LogP contribution is -2.49. The Bertz CT molecular complexity index is 323. The Morgan fingerprint density at radius 3 is 3.00 bits per heavy atom. The molecule has 1 aliphatic heterocycles. The summed E-state index contributed by atoms with van der Waals surface area (Å²) in [5, 5.41) is 2.18. The highest BCUT2D eigenvalue weighted by Gasteiger charge is 2.32. The average molecular weight is 252 g/mol. The van der Waals surface area contributed by atoms with Crippen LogP contribution in [-0.2, 0) is 0 Å². The minimum atomic E-state index is 0.566. The molecule has 0 spiro atoms. The fraction of sp³-hybridized carbons (Fsp3) is 0.714. The molecule has 0 aromatic carbocycles. The second-order valence-electron chi connectivity index (χ2n) is 5.10. The Morgan fingerprint density at radius 1 is 1.59 bits per heavy atom. The monoisotopic (exact) mass is 252 g/mol. The molecule has 2 nitrogen and oxygen atoms in total. The maximum Gasteiger partial charge on any atom is 0.0442 e. The highest BCUT2D eigenvalue weighted by Crippen LogP contribution is 2.34. The van der Waals surface area contributed by atoms with Crippen molar-refractivity contribution in [2.24, 2.45) is 11.7 Å². The molecule has 2 rings (SSSR count). The van der Waals surface area contributed by atoms with Crippen molar-refractivity contribution in [1.82, 2.24) is 4.90 Å². The van der Waals surface area contributed by atoms with Crippen molar-refractivity contribution in [2.75, 3.05) is 13.1 Å². The molecule has 1 fully saturated rings. The van der Waals surface area contributed by atoms with Crippen molar-refractivity contribution in [1.29, 1.82) is 0 Å². The van der Waals surface area contributed by atoms with Crippen LogP contribution in [0.2, 0.25) is 0 Å². The van der Waals surface area contributed by atoms with Gasteiger partial charge in [-0.15, -0.1) is 11.3 Å². The maximum absolute atomic E-state index is 5.99. The Morgan fingerprint density at radius 2 is 2.41 bits per heavy atom. The largest absolute Gasteiger partial charge is 0.329 e. The molecule has 3 unspecified atom stereocenters. The molecule has 96 valence electrons. The predicted molar refractivity (Wildman–Crippen MR) is 75.3 cm³/mol. The molecule has 0 amide bonds. The third-order valence-corrected chi connectivity index (χ3v) is 5.03. The zero-order chi connectivity index (χ0) is 12.3. The fourth-order valence-electron chi connectivity index (χ4n) is 3.12. The third kappa shape index (κ3) is 2.72. The van der Waals surface area contributed by atoms with Crippen molar-refractivity contribution >= 4 is 11.3 Å². The van der Waals surface area contributed by atoms with Gasteiger partial charge in [0, 0.05) is 23.5 Å².